The van der Waals surface area contributed by atoms with E-state index < -0.39 is 11.6 Å². The van der Waals surface area contributed by atoms with Crippen molar-refractivity contribution in [2.45, 2.75) is 26.8 Å². The molecule has 0 unspecified atom stereocenters. The van der Waals surface area contributed by atoms with Crippen LogP contribution in [0, 0.1) is 19.7 Å². The molecule has 1 N–H and O–H groups in total. The molecule has 0 amide bonds. The normalized spacial score (nSPS) is 11.1. The van der Waals surface area contributed by atoms with Crippen molar-refractivity contribution in [1.29, 1.82) is 0 Å². The van der Waals surface area contributed by atoms with Gasteiger partial charge in [0, 0.05) is 17.6 Å². The molecule has 3 heterocycles. The van der Waals surface area contributed by atoms with Crippen LogP contribution in [0.15, 0.2) is 83.8 Å². The van der Waals surface area contributed by atoms with Gasteiger partial charge in [-0.05, 0) is 61.7 Å². The first-order valence-electron chi connectivity index (χ1n) is 11.6. The zero-order valence-corrected chi connectivity index (χ0v) is 20.7. The van der Waals surface area contributed by atoms with Crippen molar-refractivity contribution in [3.05, 3.63) is 112 Å². The molecule has 0 spiro atoms. The van der Waals surface area contributed by atoms with E-state index in [-0.39, 0.29) is 16.9 Å². The average molecular weight is 498 g/mol. The maximum absolute atomic E-state index is 14.2. The summed E-state index contributed by atoms with van der Waals surface area (Å²) in [6.45, 7) is 4.10. The average Bonchev–Trinajstić information content (AvgIpc) is 3.27. The van der Waals surface area contributed by atoms with Gasteiger partial charge in [0.05, 0.1) is 27.4 Å². The summed E-state index contributed by atoms with van der Waals surface area (Å²) in [4.78, 5) is 25.0. The Hall–Kier alpha value is -4.10. The summed E-state index contributed by atoms with van der Waals surface area (Å²) < 4.78 is 15.8. The van der Waals surface area contributed by atoms with Gasteiger partial charge in [-0.15, -0.1) is 11.3 Å². The molecule has 0 aliphatic carbocycles. The summed E-state index contributed by atoms with van der Waals surface area (Å²) in [7, 11) is 0. The highest BCUT2D eigenvalue weighted by molar-refractivity contribution is 7.19. The van der Waals surface area contributed by atoms with Gasteiger partial charge in [-0.3, -0.25) is 14.3 Å². The number of phenols is 1. The largest absolute Gasteiger partial charge is 0.504 e. The molecule has 0 bridgehead atoms. The lowest BCUT2D eigenvalue weighted by atomic mass is 10.1. The Morgan fingerprint density at radius 3 is 2.53 bits per heavy atom. The number of rotatable bonds is 6. The topological polar surface area (TPSA) is 68.0 Å². The Labute approximate surface area is 212 Å². The Bertz CT molecular complexity index is 1590. The summed E-state index contributed by atoms with van der Waals surface area (Å²) in [6, 6.07) is 21.8. The summed E-state index contributed by atoms with van der Waals surface area (Å²) in [5.41, 5.74) is 3.90. The van der Waals surface area contributed by atoms with Crippen LogP contribution in [0.3, 0.4) is 0 Å². The SMILES string of the molecule is Cc1cc(-c2c(C)nc(-c3cccc(F)c3O)n(CCc3ccccc3)c2=O)sc1-c1ccccn1. The molecule has 36 heavy (non-hydrogen) atoms. The Balaban J connectivity index is 1.67. The summed E-state index contributed by atoms with van der Waals surface area (Å²) in [5.74, 6) is -1.03. The molecule has 0 saturated carbocycles. The monoisotopic (exact) mass is 497 g/mol. The van der Waals surface area contributed by atoms with E-state index >= 15 is 0 Å². The number of hydrogen-bond acceptors (Lipinski definition) is 5. The first kappa shape index (κ1) is 23.6. The standard InChI is InChI=1S/C29H24FN3O2S/c1-18-17-24(36-27(18)23-13-6-7-15-31-23)25-19(2)32-28(21-11-8-12-22(30)26(21)34)33(29(25)35)16-14-20-9-4-3-5-10-20/h3-13,15,17,34H,14,16H2,1-2H3. The maximum Gasteiger partial charge on any atom is 0.262 e. The quantitative estimate of drug-likeness (QED) is 0.295. The number of aryl methyl sites for hydroxylation is 3. The van der Waals surface area contributed by atoms with E-state index in [1.54, 1.807) is 23.8 Å². The van der Waals surface area contributed by atoms with Gasteiger partial charge in [0.2, 0.25) is 0 Å². The second kappa shape index (κ2) is 9.87. The van der Waals surface area contributed by atoms with Gasteiger partial charge in [-0.1, -0.05) is 42.5 Å². The first-order chi connectivity index (χ1) is 17.4. The molecule has 0 saturated heterocycles. The molecule has 3 aromatic heterocycles. The van der Waals surface area contributed by atoms with Gasteiger partial charge in [-0.25, -0.2) is 9.37 Å². The van der Waals surface area contributed by atoms with Crippen LogP contribution in [-0.4, -0.2) is 19.6 Å². The van der Waals surface area contributed by atoms with Crippen molar-refractivity contribution in [3.63, 3.8) is 0 Å². The smallest absolute Gasteiger partial charge is 0.262 e. The first-order valence-corrected chi connectivity index (χ1v) is 12.4. The highest BCUT2D eigenvalue weighted by atomic mass is 32.1. The van der Waals surface area contributed by atoms with Crippen molar-refractivity contribution in [2.75, 3.05) is 0 Å². The number of hydrogen-bond donors (Lipinski definition) is 1. The highest BCUT2D eigenvalue weighted by Crippen LogP contribution is 2.38. The van der Waals surface area contributed by atoms with E-state index in [0.717, 1.165) is 26.6 Å². The fourth-order valence-corrected chi connectivity index (χ4v) is 5.53. The van der Waals surface area contributed by atoms with Crippen LogP contribution in [-0.2, 0) is 13.0 Å². The third kappa shape index (κ3) is 4.45. The fourth-order valence-electron chi connectivity index (χ4n) is 4.30. The van der Waals surface area contributed by atoms with Crippen LogP contribution in [0.25, 0.3) is 32.4 Å². The van der Waals surface area contributed by atoms with Crippen LogP contribution in [0.5, 0.6) is 5.75 Å². The summed E-state index contributed by atoms with van der Waals surface area (Å²) in [6.07, 6.45) is 2.33. The summed E-state index contributed by atoms with van der Waals surface area (Å²) >= 11 is 1.50. The lowest BCUT2D eigenvalue weighted by Gasteiger charge is -2.16. The molecule has 5 aromatic rings. The van der Waals surface area contributed by atoms with E-state index in [0.29, 0.717) is 24.2 Å². The van der Waals surface area contributed by atoms with Gasteiger partial charge >= 0.3 is 0 Å². The molecule has 5 rings (SSSR count). The van der Waals surface area contributed by atoms with Crippen molar-refractivity contribution < 1.29 is 9.50 Å². The molecular formula is C29H24FN3O2S. The Morgan fingerprint density at radius 2 is 1.78 bits per heavy atom. The molecule has 0 fully saturated rings. The molecule has 0 aliphatic rings. The van der Waals surface area contributed by atoms with Crippen LogP contribution < -0.4 is 5.56 Å². The third-order valence-corrected chi connectivity index (χ3v) is 7.38. The zero-order valence-electron chi connectivity index (χ0n) is 19.9. The van der Waals surface area contributed by atoms with Gasteiger partial charge in [0.1, 0.15) is 5.82 Å². The van der Waals surface area contributed by atoms with Crippen molar-refractivity contribution >= 4 is 11.3 Å². The number of nitrogens with zero attached hydrogens (tertiary/aromatic N) is 3. The minimum atomic E-state index is -0.757. The highest BCUT2D eigenvalue weighted by Gasteiger charge is 2.22. The van der Waals surface area contributed by atoms with Crippen molar-refractivity contribution in [2.24, 2.45) is 0 Å². The lowest BCUT2D eigenvalue weighted by molar-refractivity contribution is 0.433. The van der Waals surface area contributed by atoms with Crippen molar-refractivity contribution in [1.82, 2.24) is 14.5 Å². The van der Waals surface area contributed by atoms with Gasteiger partial charge in [-0.2, -0.15) is 0 Å². The molecule has 0 atom stereocenters. The number of benzene rings is 2. The number of pyridine rings is 1. The number of para-hydroxylation sites is 1. The molecule has 0 aliphatic heterocycles. The predicted molar refractivity (Wildman–Crippen MR) is 142 cm³/mol. The number of thiophene rings is 1. The molecule has 2 aromatic carbocycles. The minimum absolute atomic E-state index is 0.186. The molecular weight excluding hydrogens is 473 g/mol. The van der Waals surface area contributed by atoms with Crippen LogP contribution >= 0.6 is 11.3 Å². The van der Waals surface area contributed by atoms with Crippen LogP contribution in [0.2, 0.25) is 0 Å². The van der Waals surface area contributed by atoms with E-state index in [1.165, 1.54) is 23.5 Å². The number of aromatic nitrogens is 3. The van der Waals surface area contributed by atoms with Crippen LogP contribution in [0.1, 0.15) is 16.8 Å². The molecule has 7 heteroatoms. The Kier molecular flexibility index (Phi) is 6.48. The predicted octanol–water partition coefficient (Wildman–Crippen LogP) is 6.41. The lowest BCUT2D eigenvalue weighted by Crippen LogP contribution is -2.27. The van der Waals surface area contributed by atoms with E-state index in [2.05, 4.69) is 4.98 Å². The molecule has 180 valence electrons. The second-order valence-corrected chi connectivity index (χ2v) is 9.61. The van der Waals surface area contributed by atoms with E-state index in [4.69, 9.17) is 4.98 Å². The fraction of sp³-hybridized carbons (Fsp3) is 0.138. The van der Waals surface area contributed by atoms with Gasteiger partial charge < -0.3 is 5.11 Å². The number of halogens is 1. The number of aromatic hydroxyl groups is 1. The van der Waals surface area contributed by atoms with Gasteiger partial charge in [0.15, 0.2) is 11.6 Å². The molecule has 5 nitrogen and oxygen atoms in total. The zero-order chi connectivity index (χ0) is 25.2. The number of phenolic OH excluding ortho intramolecular Hbond substituents is 1. The third-order valence-electron chi connectivity index (χ3n) is 6.11. The molecule has 0 radical (unpaired) electrons. The van der Waals surface area contributed by atoms with Crippen LogP contribution in [0.4, 0.5) is 4.39 Å². The van der Waals surface area contributed by atoms with E-state index in [9.17, 15) is 14.3 Å². The minimum Gasteiger partial charge on any atom is -0.504 e. The maximum atomic E-state index is 14.2. The van der Waals surface area contributed by atoms with E-state index in [1.807, 2.05) is 61.5 Å². The Morgan fingerprint density at radius 1 is 1.00 bits per heavy atom. The summed E-state index contributed by atoms with van der Waals surface area (Å²) in [5, 5.41) is 10.5. The second-order valence-electron chi connectivity index (χ2n) is 8.56. The van der Waals surface area contributed by atoms with Crippen molar-refractivity contribution in [3.8, 4) is 38.1 Å². The van der Waals surface area contributed by atoms with Gasteiger partial charge in [0.25, 0.3) is 5.56 Å².